The summed E-state index contributed by atoms with van der Waals surface area (Å²) in [6, 6.07) is 6.07. The molecule has 0 heterocycles. The van der Waals surface area contributed by atoms with Gasteiger partial charge in [-0.15, -0.1) is 0 Å². The van der Waals surface area contributed by atoms with Crippen molar-refractivity contribution in [2.75, 3.05) is 5.32 Å². The van der Waals surface area contributed by atoms with Crippen molar-refractivity contribution in [1.29, 1.82) is 0 Å². The molecule has 1 aliphatic carbocycles. The van der Waals surface area contributed by atoms with Crippen LogP contribution in [0.1, 0.15) is 18.4 Å². The van der Waals surface area contributed by atoms with Crippen LogP contribution in [0.3, 0.4) is 0 Å². The molecule has 4 heteroatoms. The molecule has 2 rings (SSSR count). The van der Waals surface area contributed by atoms with E-state index in [-0.39, 0.29) is 6.03 Å². The van der Waals surface area contributed by atoms with E-state index in [9.17, 15) is 4.79 Å². The zero-order valence-electron chi connectivity index (χ0n) is 8.51. The second-order valence-electron chi connectivity index (χ2n) is 3.83. The fourth-order valence-electron chi connectivity index (χ4n) is 1.34. The monoisotopic (exact) mass is 268 g/mol. The summed E-state index contributed by atoms with van der Waals surface area (Å²) >= 11 is 3.38. The third-order valence-electron chi connectivity index (χ3n) is 2.35. The minimum atomic E-state index is -0.108. The van der Waals surface area contributed by atoms with Crippen molar-refractivity contribution in [1.82, 2.24) is 5.32 Å². The van der Waals surface area contributed by atoms with Crippen molar-refractivity contribution in [2.24, 2.45) is 0 Å². The minimum Gasteiger partial charge on any atom is -0.335 e. The van der Waals surface area contributed by atoms with Crippen molar-refractivity contribution in [3.05, 3.63) is 28.2 Å². The van der Waals surface area contributed by atoms with Gasteiger partial charge in [0.25, 0.3) is 0 Å². The average molecular weight is 269 g/mol. The van der Waals surface area contributed by atoms with Gasteiger partial charge in [0.05, 0.1) is 0 Å². The van der Waals surface area contributed by atoms with Gasteiger partial charge in [-0.25, -0.2) is 4.79 Å². The predicted molar refractivity (Wildman–Crippen MR) is 64.1 cm³/mol. The lowest BCUT2D eigenvalue weighted by atomic mass is 10.2. The molecule has 2 N–H and O–H groups in total. The maximum Gasteiger partial charge on any atom is 0.319 e. The van der Waals surface area contributed by atoms with Crippen molar-refractivity contribution in [2.45, 2.75) is 25.8 Å². The summed E-state index contributed by atoms with van der Waals surface area (Å²) in [5, 5.41) is 5.72. The number of carbonyl (C=O) groups excluding carboxylic acids is 1. The number of rotatable bonds is 2. The van der Waals surface area contributed by atoms with E-state index in [1.165, 1.54) is 0 Å². The first-order valence-electron chi connectivity index (χ1n) is 4.99. The molecule has 0 unspecified atom stereocenters. The minimum absolute atomic E-state index is 0.108. The lowest BCUT2D eigenvalue weighted by molar-refractivity contribution is 0.251. The largest absolute Gasteiger partial charge is 0.335 e. The quantitative estimate of drug-likeness (QED) is 0.851. The number of hydrogen-bond acceptors (Lipinski definition) is 1. The first kappa shape index (κ1) is 10.5. The zero-order chi connectivity index (χ0) is 10.8. The van der Waals surface area contributed by atoms with E-state index in [4.69, 9.17) is 0 Å². The summed E-state index contributed by atoms with van der Waals surface area (Å²) in [5.74, 6) is 0. The van der Waals surface area contributed by atoms with E-state index in [2.05, 4.69) is 26.6 Å². The summed E-state index contributed by atoms with van der Waals surface area (Å²) in [7, 11) is 0. The Bertz CT molecular complexity index is 388. The van der Waals surface area contributed by atoms with Crippen LogP contribution in [0.2, 0.25) is 0 Å². The maximum absolute atomic E-state index is 11.5. The molecule has 1 aliphatic rings. The lowest BCUT2D eigenvalue weighted by Gasteiger charge is -2.09. The van der Waals surface area contributed by atoms with Gasteiger partial charge in [-0.3, -0.25) is 0 Å². The van der Waals surface area contributed by atoms with Crippen LogP contribution in [-0.4, -0.2) is 12.1 Å². The third kappa shape index (κ3) is 2.96. The first-order valence-corrected chi connectivity index (χ1v) is 5.78. The standard InChI is InChI=1S/C11H13BrN2O/c1-7-6-8(12)2-5-10(7)14-11(15)13-9-3-4-9/h2,5-6,9H,3-4H2,1H3,(H2,13,14,15). The average Bonchev–Trinajstić information content (AvgIpc) is 2.94. The Morgan fingerprint density at radius 1 is 1.47 bits per heavy atom. The first-order chi connectivity index (χ1) is 7.15. The van der Waals surface area contributed by atoms with Gasteiger partial charge < -0.3 is 10.6 Å². The Labute approximate surface area is 97.4 Å². The molecule has 1 fully saturated rings. The fourth-order valence-corrected chi connectivity index (χ4v) is 1.81. The Morgan fingerprint density at radius 3 is 2.80 bits per heavy atom. The number of nitrogens with one attached hydrogen (secondary N) is 2. The Balaban J connectivity index is 1.99. The molecular weight excluding hydrogens is 256 g/mol. The predicted octanol–water partition coefficient (Wildman–Crippen LogP) is 3.04. The van der Waals surface area contributed by atoms with Gasteiger partial charge >= 0.3 is 6.03 Å². The van der Waals surface area contributed by atoms with Crippen LogP contribution in [-0.2, 0) is 0 Å². The second kappa shape index (κ2) is 4.23. The molecule has 1 aromatic carbocycles. The topological polar surface area (TPSA) is 41.1 Å². The number of benzene rings is 1. The van der Waals surface area contributed by atoms with Gasteiger partial charge in [0.15, 0.2) is 0 Å². The molecule has 0 radical (unpaired) electrons. The highest BCUT2D eigenvalue weighted by molar-refractivity contribution is 9.10. The summed E-state index contributed by atoms with van der Waals surface area (Å²) < 4.78 is 1.02. The van der Waals surface area contributed by atoms with Crippen molar-refractivity contribution < 1.29 is 4.79 Å². The molecule has 0 saturated heterocycles. The van der Waals surface area contributed by atoms with E-state index in [0.29, 0.717) is 6.04 Å². The van der Waals surface area contributed by atoms with Crippen LogP contribution in [0.15, 0.2) is 22.7 Å². The highest BCUT2D eigenvalue weighted by Crippen LogP contribution is 2.21. The van der Waals surface area contributed by atoms with Crippen molar-refractivity contribution in [3.8, 4) is 0 Å². The molecule has 0 aromatic heterocycles. The lowest BCUT2D eigenvalue weighted by Crippen LogP contribution is -2.30. The molecule has 0 atom stereocenters. The molecule has 80 valence electrons. The maximum atomic E-state index is 11.5. The highest BCUT2D eigenvalue weighted by Gasteiger charge is 2.23. The van der Waals surface area contributed by atoms with Crippen LogP contribution in [0.5, 0.6) is 0 Å². The van der Waals surface area contributed by atoms with Crippen molar-refractivity contribution >= 4 is 27.6 Å². The number of aryl methyl sites for hydroxylation is 1. The zero-order valence-corrected chi connectivity index (χ0v) is 10.1. The summed E-state index contributed by atoms with van der Waals surface area (Å²) in [6.45, 7) is 1.97. The van der Waals surface area contributed by atoms with Crippen LogP contribution in [0.4, 0.5) is 10.5 Å². The molecule has 0 spiro atoms. The van der Waals surface area contributed by atoms with Gasteiger partial charge in [0.2, 0.25) is 0 Å². The van der Waals surface area contributed by atoms with Gasteiger partial charge in [-0.2, -0.15) is 0 Å². The van der Waals surface area contributed by atoms with E-state index >= 15 is 0 Å². The van der Waals surface area contributed by atoms with Gasteiger partial charge in [-0.05, 0) is 43.5 Å². The fraction of sp³-hybridized carbons (Fsp3) is 0.364. The Hall–Kier alpha value is -1.03. The van der Waals surface area contributed by atoms with Crippen LogP contribution >= 0.6 is 15.9 Å². The number of carbonyl (C=O) groups is 1. The third-order valence-corrected chi connectivity index (χ3v) is 2.84. The van der Waals surface area contributed by atoms with E-state index in [0.717, 1.165) is 28.6 Å². The Kier molecular flexibility index (Phi) is 2.95. The smallest absolute Gasteiger partial charge is 0.319 e. The molecule has 3 nitrogen and oxygen atoms in total. The number of urea groups is 1. The molecule has 1 saturated carbocycles. The summed E-state index contributed by atoms with van der Waals surface area (Å²) in [6.07, 6.45) is 2.21. The van der Waals surface area contributed by atoms with E-state index < -0.39 is 0 Å². The number of halogens is 1. The van der Waals surface area contributed by atoms with Crippen LogP contribution in [0.25, 0.3) is 0 Å². The molecular formula is C11H13BrN2O. The van der Waals surface area contributed by atoms with Crippen LogP contribution in [0, 0.1) is 6.92 Å². The Morgan fingerprint density at radius 2 is 2.20 bits per heavy atom. The van der Waals surface area contributed by atoms with Crippen molar-refractivity contribution in [3.63, 3.8) is 0 Å². The van der Waals surface area contributed by atoms with Gasteiger partial charge in [0, 0.05) is 16.2 Å². The molecule has 2 amide bonds. The van der Waals surface area contributed by atoms with E-state index in [1.807, 2.05) is 25.1 Å². The van der Waals surface area contributed by atoms with Crippen LogP contribution < -0.4 is 10.6 Å². The highest BCUT2D eigenvalue weighted by atomic mass is 79.9. The van der Waals surface area contributed by atoms with Gasteiger partial charge in [0.1, 0.15) is 0 Å². The second-order valence-corrected chi connectivity index (χ2v) is 4.75. The summed E-state index contributed by atoms with van der Waals surface area (Å²) in [4.78, 5) is 11.5. The number of hydrogen-bond donors (Lipinski definition) is 2. The number of anilines is 1. The molecule has 1 aromatic rings. The van der Waals surface area contributed by atoms with E-state index in [1.54, 1.807) is 0 Å². The molecule has 0 bridgehead atoms. The molecule has 15 heavy (non-hydrogen) atoms. The number of amides is 2. The van der Waals surface area contributed by atoms with Gasteiger partial charge in [-0.1, -0.05) is 15.9 Å². The molecule has 0 aliphatic heterocycles. The summed E-state index contributed by atoms with van der Waals surface area (Å²) in [5.41, 5.74) is 1.91. The normalized spacial score (nSPS) is 14.8. The SMILES string of the molecule is Cc1cc(Br)ccc1NC(=O)NC1CC1.